The number of phenolic OH excluding ortho intramolecular Hbond substituents is 1. The predicted molar refractivity (Wildman–Crippen MR) is 119 cm³/mol. The van der Waals surface area contributed by atoms with Crippen LogP contribution in [0.5, 0.6) is 5.75 Å². The molecule has 1 aliphatic carbocycles. The SMILES string of the molecule is Cn1c(=O)n2n(c1=O)[C@@H]1C[C@@]3(Cl)C(=O)N(CBr)C(=O)[C@@]3(Cl)[C@@H](c3ccc(O)cc3)C1=CC2. The van der Waals surface area contributed by atoms with Crippen LogP contribution in [0.25, 0.3) is 0 Å². The lowest BCUT2D eigenvalue weighted by molar-refractivity contribution is -0.138. The number of aromatic hydroxyl groups is 1. The Morgan fingerprint density at radius 2 is 1.75 bits per heavy atom. The van der Waals surface area contributed by atoms with Crippen molar-refractivity contribution in [1.29, 1.82) is 0 Å². The van der Waals surface area contributed by atoms with E-state index in [1.807, 2.05) is 0 Å². The molecule has 0 bridgehead atoms. The first-order valence-corrected chi connectivity index (χ1v) is 11.6. The summed E-state index contributed by atoms with van der Waals surface area (Å²) in [5.41, 5.74) is 0.0406. The van der Waals surface area contributed by atoms with E-state index in [0.29, 0.717) is 11.1 Å². The van der Waals surface area contributed by atoms with E-state index in [1.54, 1.807) is 18.2 Å². The standard InChI is InChI=1S/C20H17BrCl2N4O5/c1-24-17(31)26-7-6-12-13(27(26)18(24)32)8-19(22)15(29)25(9-21)16(30)20(19,23)14(12)10-2-4-11(28)5-3-10/h2-6,13-14,28H,7-9H2,1H3/t13-,14+,19-,20+/m1/s1. The summed E-state index contributed by atoms with van der Waals surface area (Å²) in [6, 6.07) is 5.35. The van der Waals surface area contributed by atoms with E-state index in [9.17, 15) is 24.3 Å². The topological polar surface area (TPSA) is 107 Å². The minimum atomic E-state index is -1.86. The Morgan fingerprint density at radius 1 is 1.09 bits per heavy atom. The fourth-order valence-electron chi connectivity index (χ4n) is 5.16. The highest BCUT2D eigenvalue weighted by atomic mass is 79.9. The molecule has 9 nitrogen and oxygen atoms in total. The van der Waals surface area contributed by atoms with Crippen molar-refractivity contribution in [2.24, 2.45) is 7.05 Å². The van der Waals surface area contributed by atoms with Gasteiger partial charge in [-0.05, 0) is 23.3 Å². The highest BCUT2D eigenvalue weighted by molar-refractivity contribution is 9.09. The molecule has 32 heavy (non-hydrogen) atoms. The number of carbonyl (C=O) groups excluding carboxylic acids is 2. The first kappa shape index (κ1) is 21.5. The first-order chi connectivity index (χ1) is 15.1. The molecule has 3 heterocycles. The second kappa shape index (κ2) is 6.85. The average molecular weight is 544 g/mol. The van der Waals surface area contributed by atoms with Gasteiger partial charge in [0.1, 0.15) is 5.75 Å². The molecule has 1 N–H and O–H groups in total. The van der Waals surface area contributed by atoms with Crippen LogP contribution in [0, 0.1) is 0 Å². The lowest BCUT2D eigenvalue weighted by Crippen LogP contribution is -2.59. The molecule has 1 aromatic carbocycles. The molecule has 2 amide bonds. The number of amides is 2. The van der Waals surface area contributed by atoms with Crippen molar-refractivity contribution in [2.45, 2.75) is 34.7 Å². The Balaban J connectivity index is 1.81. The number of rotatable bonds is 2. The van der Waals surface area contributed by atoms with Gasteiger partial charge in [0.05, 0.1) is 18.0 Å². The Hall–Kier alpha value is -2.30. The summed E-state index contributed by atoms with van der Waals surface area (Å²) in [6.45, 7) is 0.0991. The van der Waals surface area contributed by atoms with Gasteiger partial charge in [-0.15, -0.1) is 23.2 Å². The molecule has 168 valence electrons. The smallest absolute Gasteiger partial charge is 0.347 e. The predicted octanol–water partition coefficient (Wildman–Crippen LogP) is 1.40. The summed E-state index contributed by atoms with van der Waals surface area (Å²) in [7, 11) is 1.38. The van der Waals surface area contributed by atoms with Crippen LogP contribution in [0.1, 0.15) is 23.9 Å². The number of likely N-dealkylation sites (tertiary alicyclic amines) is 1. The minimum Gasteiger partial charge on any atom is -0.508 e. The van der Waals surface area contributed by atoms with Crippen LogP contribution >= 0.6 is 39.1 Å². The van der Waals surface area contributed by atoms with Gasteiger partial charge in [0.2, 0.25) is 0 Å². The van der Waals surface area contributed by atoms with Gasteiger partial charge < -0.3 is 5.11 Å². The summed E-state index contributed by atoms with van der Waals surface area (Å²) in [5, 5.41) is 9.77. The number of fused-ring (bicyclic) bond motifs is 4. The Bertz CT molecular complexity index is 1330. The van der Waals surface area contributed by atoms with Gasteiger partial charge in [0.25, 0.3) is 11.8 Å². The molecular formula is C20H17BrCl2N4O5. The highest BCUT2D eigenvalue weighted by Gasteiger charge is 2.75. The van der Waals surface area contributed by atoms with Crippen LogP contribution in [0.15, 0.2) is 45.5 Å². The maximum absolute atomic E-state index is 13.5. The zero-order valence-corrected chi connectivity index (χ0v) is 19.8. The second-order valence-electron chi connectivity index (χ2n) is 8.17. The molecular weight excluding hydrogens is 527 g/mol. The summed E-state index contributed by atoms with van der Waals surface area (Å²) >= 11 is 17.2. The number of hydrogen-bond donors (Lipinski definition) is 1. The van der Waals surface area contributed by atoms with Gasteiger partial charge in [-0.3, -0.25) is 14.5 Å². The first-order valence-electron chi connectivity index (χ1n) is 9.75. The lowest BCUT2D eigenvalue weighted by atomic mass is 9.64. The average Bonchev–Trinajstić information content (AvgIpc) is 3.08. The number of aromatic nitrogens is 3. The number of allylic oxidation sites excluding steroid dienone is 2. The van der Waals surface area contributed by atoms with Crippen LogP contribution in [-0.4, -0.2) is 51.0 Å². The van der Waals surface area contributed by atoms with Crippen molar-refractivity contribution < 1.29 is 14.7 Å². The van der Waals surface area contributed by atoms with Crippen molar-refractivity contribution in [3.8, 4) is 5.75 Å². The second-order valence-corrected chi connectivity index (χ2v) is 9.91. The molecule has 1 saturated heterocycles. The van der Waals surface area contributed by atoms with Crippen molar-refractivity contribution in [2.75, 3.05) is 5.45 Å². The number of phenols is 1. The van der Waals surface area contributed by atoms with E-state index < -0.39 is 44.9 Å². The third-order valence-corrected chi connectivity index (χ3v) is 8.61. The number of nitrogens with zero attached hydrogens (tertiary/aromatic N) is 4. The zero-order valence-electron chi connectivity index (χ0n) is 16.7. The van der Waals surface area contributed by atoms with Crippen LogP contribution in [-0.2, 0) is 23.2 Å². The van der Waals surface area contributed by atoms with Crippen molar-refractivity contribution in [1.82, 2.24) is 18.8 Å². The molecule has 0 radical (unpaired) electrons. The molecule has 5 rings (SSSR count). The van der Waals surface area contributed by atoms with Crippen LogP contribution in [0.4, 0.5) is 0 Å². The fourth-order valence-corrected chi connectivity index (χ4v) is 6.57. The van der Waals surface area contributed by atoms with Gasteiger partial charge >= 0.3 is 11.4 Å². The zero-order chi connectivity index (χ0) is 23.2. The maximum Gasteiger partial charge on any atom is 0.347 e. The van der Waals surface area contributed by atoms with Gasteiger partial charge in [-0.1, -0.05) is 34.1 Å². The van der Waals surface area contributed by atoms with E-state index in [1.165, 1.54) is 28.5 Å². The molecule has 3 aliphatic rings. The highest BCUT2D eigenvalue weighted by Crippen LogP contribution is 2.63. The van der Waals surface area contributed by atoms with Crippen LogP contribution in [0.2, 0.25) is 0 Å². The maximum atomic E-state index is 13.5. The van der Waals surface area contributed by atoms with Crippen molar-refractivity contribution in [3.05, 3.63) is 62.4 Å². The van der Waals surface area contributed by atoms with Crippen LogP contribution in [0.3, 0.4) is 0 Å². The van der Waals surface area contributed by atoms with Gasteiger partial charge in [-0.2, -0.15) is 0 Å². The molecule has 2 aromatic rings. The molecule has 2 aliphatic heterocycles. The largest absolute Gasteiger partial charge is 0.508 e. The van der Waals surface area contributed by atoms with E-state index in [-0.39, 0.29) is 24.2 Å². The molecule has 12 heteroatoms. The molecule has 1 aromatic heterocycles. The summed E-state index contributed by atoms with van der Waals surface area (Å²) in [6.07, 6.45) is 1.62. The molecule has 0 unspecified atom stereocenters. The van der Waals surface area contributed by atoms with E-state index >= 15 is 0 Å². The Morgan fingerprint density at radius 3 is 2.38 bits per heavy atom. The fraction of sp³-hybridized carbons (Fsp3) is 0.400. The lowest BCUT2D eigenvalue weighted by Gasteiger charge is -2.49. The normalized spacial score (nSPS) is 31.2. The number of benzene rings is 1. The monoisotopic (exact) mass is 542 g/mol. The van der Waals surface area contributed by atoms with Crippen molar-refractivity contribution >= 4 is 50.9 Å². The summed E-state index contributed by atoms with van der Waals surface area (Å²) < 4.78 is 3.57. The molecule has 4 atom stereocenters. The minimum absolute atomic E-state index is 0.0171. The Kier molecular flexibility index (Phi) is 4.61. The molecule has 2 fully saturated rings. The van der Waals surface area contributed by atoms with Crippen LogP contribution < -0.4 is 11.4 Å². The number of imide groups is 1. The van der Waals surface area contributed by atoms with E-state index in [2.05, 4.69) is 15.9 Å². The van der Waals surface area contributed by atoms with Gasteiger partial charge in [0.15, 0.2) is 9.75 Å². The number of hydrogen-bond acceptors (Lipinski definition) is 5. The van der Waals surface area contributed by atoms with Gasteiger partial charge in [-0.25, -0.2) is 23.5 Å². The third kappa shape index (κ3) is 2.40. The third-order valence-electron chi connectivity index (χ3n) is 6.70. The molecule has 1 saturated carbocycles. The summed E-state index contributed by atoms with van der Waals surface area (Å²) in [4.78, 5) is 49.5. The number of alkyl halides is 3. The molecule has 0 spiro atoms. The quantitative estimate of drug-likeness (QED) is 0.267. The van der Waals surface area contributed by atoms with Crippen molar-refractivity contribution in [3.63, 3.8) is 0 Å². The van der Waals surface area contributed by atoms with E-state index in [4.69, 9.17) is 23.2 Å². The Labute approximate surface area is 199 Å². The van der Waals surface area contributed by atoms with Gasteiger partial charge in [0, 0.05) is 19.4 Å². The summed E-state index contributed by atoms with van der Waals surface area (Å²) in [5.74, 6) is -2.17. The van der Waals surface area contributed by atoms with E-state index in [0.717, 1.165) is 9.47 Å². The number of halogens is 3. The number of carbonyl (C=O) groups is 2.